The molecule has 2 rings (SSSR count). The van der Waals surface area contributed by atoms with Crippen molar-refractivity contribution in [1.82, 2.24) is 0 Å². The molecule has 70 valence electrons. The quantitative estimate of drug-likeness (QED) is 0.453. The van der Waals surface area contributed by atoms with Crippen molar-refractivity contribution >= 4 is 0 Å². The summed E-state index contributed by atoms with van der Waals surface area (Å²) in [5, 5.41) is 0. The highest BCUT2D eigenvalue weighted by Crippen LogP contribution is 2.39. The van der Waals surface area contributed by atoms with E-state index < -0.39 is 0 Å². The van der Waals surface area contributed by atoms with Gasteiger partial charge in [-0.25, -0.2) is 0 Å². The summed E-state index contributed by atoms with van der Waals surface area (Å²) < 4.78 is 0. The summed E-state index contributed by atoms with van der Waals surface area (Å²) in [4.78, 5) is 0. The van der Waals surface area contributed by atoms with E-state index in [1.54, 1.807) is 0 Å². The Balaban J connectivity index is 2.24. The van der Waals surface area contributed by atoms with Gasteiger partial charge in [0.05, 0.1) is 0 Å². The molecule has 2 aliphatic rings. The van der Waals surface area contributed by atoms with E-state index in [0.717, 1.165) is 0 Å². The predicted molar refractivity (Wildman–Crippen MR) is 59.7 cm³/mol. The Kier molecular flexibility index (Phi) is 2.41. The average Bonchev–Trinajstić information content (AvgIpc) is 2.54. The first-order valence-electron chi connectivity index (χ1n) is 5.01. The molecule has 0 aliphatic heterocycles. The predicted octanol–water partition coefficient (Wildman–Crippen LogP) is 3.42. The topological polar surface area (TPSA) is 0 Å². The largest absolute Gasteiger partial charge is 0.0991 e. The Bertz CT molecular complexity index is 394. The van der Waals surface area contributed by atoms with E-state index in [0.29, 0.717) is 17.8 Å². The third kappa shape index (κ3) is 1.46. The molecule has 0 fully saturated rings. The van der Waals surface area contributed by atoms with Gasteiger partial charge in [0.25, 0.3) is 0 Å². The van der Waals surface area contributed by atoms with Crippen molar-refractivity contribution in [1.29, 1.82) is 0 Å². The van der Waals surface area contributed by atoms with E-state index in [-0.39, 0.29) is 0 Å². The zero-order valence-electron chi connectivity index (χ0n) is 8.40. The number of rotatable bonds is 2. The van der Waals surface area contributed by atoms with Crippen molar-refractivity contribution in [3.05, 3.63) is 60.1 Å². The van der Waals surface area contributed by atoms with E-state index in [1.165, 1.54) is 5.57 Å². The Morgan fingerprint density at radius 3 is 3.00 bits per heavy atom. The molecule has 0 spiro atoms. The maximum absolute atomic E-state index is 3.69. The first kappa shape index (κ1) is 9.09. The minimum Gasteiger partial charge on any atom is -0.0991 e. The summed E-state index contributed by atoms with van der Waals surface area (Å²) in [5.41, 5.74) is 7.44. The Morgan fingerprint density at radius 1 is 1.43 bits per heavy atom. The Morgan fingerprint density at radius 2 is 2.29 bits per heavy atom. The number of hydrogen-bond acceptors (Lipinski definition) is 0. The standard InChI is InChI=1S/C14H14/c1-3-4-7-12-10-13-8-5-6-9-14(13)11(12)2/h3-4,7-12,14H,1H2,2H3/b7-4-. The molecule has 3 unspecified atom stereocenters. The fourth-order valence-corrected chi connectivity index (χ4v) is 2.12. The molecule has 0 aromatic rings. The van der Waals surface area contributed by atoms with E-state index in [4.69, 9.17) is 0 Å². The van der Waals surface area contributed by atoms with Crippen molar-refractivity contribution in [2.24, 2.45) is 17.8 Å². The summed E-state index contributed by atoms with van der Waals surface area (Å²) in [6.07, 6.45) is 12.6. The van der Waals surface area contributed by atoms with Crippen molar-refractivity contribution in [2.75, 3.05) is 0 Å². The highest BCUT2D eigenvalue weighted by molar-refractivity contribution is 5.36. The maximum atomic E-state index is 3.69. The second-order valence-corrected chi connectivity index (χ2v) is 3.85. The van der Waals surface area contributed by atoms with Crippen molar-refractivity contribution < 1.29 is 0 Å². The molecule has 0 heterocycles. The fourth-order valence-electron chi connectivity index (χ4n) is 2.12. The van der Waals surface area contributed by atoms with Crippen LogP contribution in [0.3, 0.4) is 0 Å². The fraction of sp³-hybridized carbons (Fsp3) is 0.286. The van der Waals surface area contributed by atoms with Gasteiger partial charge in [0, 0.05) is 5.92 Å². The number of fused-ring (bicyclic) bond motifs is 1. The van der Waals surface area contributed by atoms with Gasteiger partial charge >= 0.3 is 0 Å². The molecule has 0 N–H and O–H groups in total. The van der Waals surface area contributed by atoms with Crippen LogP contribution in [-0.2, 0) is 0 Å². The van der Waals surface area contributed by atoms with Gasteiger partial charge in [-0.2, -0.15) is 0 Å². The molecule has 3 atom stereocenters. The number of hydrogen-bond donors (Lipinski definition) is 0. The summed E-state index contributed by atoms with van der Waals surface area (Å²) in [6, 6.07) is 0. The van der Waals surface area contributed by atoms with Crippen LogP contribution in [0.5, 0.6) is 0 Å². The van der Waals surface area contributed by atoms with Gasteiger partial charge in [0.2, 0.25) is 0 Å². The molecular weight excluding hydrogens is 168 g/mol. The lowest BCUT2D eigenvalue weighted by molar-refractivity contribution is 0.459. The monoisotopic (exact) mass is 182 g/mol. The summed E-state index contributed by atoms with van der Waals surface area (Å²) in [6.45, 7) is 5.97. The average molecular weight is 182 g/mol. The van der Waals surface area contributed by atoms with Gasteiger partial charge in [0.15, 0.2) is 0 Å². The van der Waals surface area contributed by atoms with Crippen LogP contribution in [-0.4, -0.2) is 0 Å². The van der Waals surface area contributed by atoms with Gasteiger partial charge in [0.1, 0.15) is 0 Å². The second-order valence-electron chi connectivity index (χ2n) is 3.85. The van der Waals surface area contributed by atoms with Crippen LogP contribution in [0.4, 0.5) is 0 Å². The van der Waals surface area contributed by atoms with E-state index >= 15 is 0 Å². The third-order valence-electron chi connectivity index (χ3n) is 3.00. The third-order valence-corrected chi connectivity index (χ3v) is 3.00. The normalized spacial score (nSPS) is 33.5. The minimum atomic E-state index is 0.530. The summed E-state index contributed by atoms with van der Waals surface area (Å²) >= 11 is 0. The molecule has 0 heteroatoms. The molecule has 0 nitrogen and oxygen atoms in total. The van der Waals surface area contributed by atoms with Crippen LogP contribution in [0.25, 0.3) is 0 Å². The number of allylic oxidation sites excluding steroid dienone is 7. The van der Waals surface area contributed by atoms with E-state index in [2.05, 4.69) is 43.2 Å². The summed E-state index contributed by atoms with van der Waals surface area (Å²) in [7, 11) is 0. The van der Waals surface area contributed by atoms with Gasteiger partial charge in [-0.3, -0.25) is 0 Å². The van der Waals surface area contributed by atoms with Crippen molar-refractivity contribution in [3.63, 3.8) is 0 Å². The van der Waals surface area contributed by atoms with E-state index in [1.807, 2.05) is 18.2 Å². The van der Waals surface area contributed by atoms with Gasteiger partial charge in [-0.05, 0) is 29.6 Å². The highest BCUT2D eigenvalue weighted by Gasteiger charge is 2.30. The SMILES string of the molecule is C=C/C=C\C1C=C2C=C=C=CC2C1C. The first-order chi connectivity index (χ1) is 6.83. The first-order valence-corrected chi connectivity index (χ1v) is 5.01. The molecule has 0 radical (unpaired) electrons. The van der Waals surface area contributed by atoms with Crippen LogP contribution >= 0.6 is 0 Å². The molecule has 14 heavy (non-hydrogen) atoms. The Hall–Kier alpha value is -1.48. The molecular formula is C14H14. The van der Waals surface area contributed by atoms with Gasteiger partial charge in [-0.15, -0.1) is 0 Å². The van der Waals surface area contributed by atoms with Crippen molar-refractivity contribution in [3.8, 4) is 0 Å². The molecule has 0 aromatic carbocycles. The zero-order chi connectivity index (χ0) is 9.97. The van der Waals surface area contributed by atoms with Crippen LogP contribution in [0.1, 0.15) is 6.92 Å². The smallest absolute Gasteiger partial charge is 0.0138 e. The molecule has 0 aromatic heterocycles. The molecule has 0 amide bonds. The zero-order valence-corrected chi connectivity index (χ0v) is 8.40. The lowest BCUT2D eigenvalue weighted by atomic mass is 9.86. The van der Waals surface area contributed by atoms with E-state index in [9.17, 15) is 0 Å². The highest BCUT2D eigenvalue weighted by atomic mass is 14.3. The Labute approximate surface area is 85.3 Å². The van der Waals surface area contributed by atoms with Crippen molar-refractivity contribution in [2.45, 2.75) is 6.92 Å². The molecule has 0 saturated carbocycles. The maximum Gasteiger partial charge on any atom is 0.0138 e. The van der Waals surface area contributed by atoms with Crippen LogP contribution in [0.15, 0.2) is 60.1 Å². The summed E-state index contributed by atoms with van der Waals surface area (Å²) in [5.74, 6) is 1.70. The second kappa shape index (κ2) is 3.72. The van der Waals surface area contributed by atoms with Gasteiger partial charge < -0.3 is 0 Å². The van der Waals surface area contributed by atoms with Gasteiger partial charge in [-0.1, -0.05) is 49.3 Å². The van der Waals surface area contributed by atoms with Crippen LogP contribution in [0, 0.1) is 17.8 Å². The lowest BCUT2D eigenvalue weighted by Gasteiger charge is -2.16. The van der Waals surface area contributed by atoms with Crippen LogP contribution < -0.4 is 0 Å². The lowest BCUT2D eigenvalue weighted by Crippen LogP contribution is -2.10. The minimum absolute atomic E-state index is 0.530. The molecule has 2 aliphatic carbocycles. The van der Waals surface area contributed by atoms with Crippen LogP contribution in [0.2, 0.25) is 0 Å². The molecule has 0 bridgehead atoms. The molecule has 0 saturated heterocycles.